The van der Waals surface area contributed by atoms with Gasteiger partial charge in [0, 0.05) is 37.4 Å². The molecule has 5 heteroatoms. The van der Waals surface area contributed by atoms with E-state index in [1.54, 1.807) is 0 Å². The van der Waals surface area contributed by atoms with Crippen LogP contribution in [0.5, 0.6) is 0 Å². The van der Waals surface area contributed by atoms with Gasteiger partial charge >= 0.3 is 6.03 Å². The fourth-order valence-corrected chi connectivity index (χ4v) is 4.79. The van der Waals surface area contributed by atoms with Gasteiger partial charge in [0.15, 0.2) is 0 Å². The minimum atomic E-state index is -0.232. The maximum Gasteiger partial charge on any atom is 0.322 e. The lowest BCUT2D eigenvalue weighted by Gasteiger charge is -2.31. The molecule has 3 aromatic carbocycles. The molecule has 0 bridgehead atoms. The van der Waals surface area contributed by atoms with Crippen LogP contribution in [0, 0.1) is 13.8 Å². The van der Waals surface area contributed by atoms with Crippen LogP contribution in [0.4, 0.5) is 16.2 Å². The van der Waals surface area contributed by atoms with Crippen molar-refractivity contribution < 1.29 is 4.79 Å². The molecule has 1 aliphatic heterocycles. The number of hydrogen-bond donors (Lipinski definition) is 1. The molecular weight excluding hydrogens is 420 g/mol. The highest BCUT2D eigenvalue weighted by Crippen LogP contribution is 2.37. The van der Waals surface area contributed by atoms with Gasteiger partial charge < -0.3 is 19.7 Å². The third kappa shape index (κ3) is 3.94. The normalized spacial score (nSPS) is 14.7. The van der Waals surface area contributed by atoms with E-state index in [1.165, 1.54) is 5.56 Å². The molecule has 4 aromatic rings. The summed E-state index contributed by atoms with van der Waals surface area (Å²) in [5.41, 5.74) is 8.57. The van der Waals surface area contributed by atoms with E-state index in [2.05, 4.69) is 88.6 Å². The van der Waals surface area contributed by atoms with E-state index in [0.29, 0.717) is 6.54 Å². The maximum absolute atomic E-state index is 13.9. The molecule has 34 heavy (non-hydrogen) atoms. The van der Waals surface area contributed by atoms with E-state index in [0.717, 1.165) is 39.4 Å². The number of nitrogens with one attached hydrogen (secondary N) is 1. The highest BCUT2D eigenvalue weighted by molar-refractivity contribution is 5.91. The average molecular weight is 451 g/mol. The molecule has 0 aliphatic carbocycles. The molecule has 0 spiro atoms. The van der Waals surface area contributed by atoms with Gasteiger partial charge in [0.2, 0.25) is 0 Å². The zero-order chi connectivity index (χ0) is 23.8. The number of aryl methyl sites for hydroxylation is 2. The summed E-state index contributed by atoms with van der Waals surface area (Å²) in [6.07, 6.45) is 2.08. The fraction of sp³-hybridized carbons (Fsp3) is 0.207. The van der Waals surface area contributed by atoms with E-state index in [1.807, 2.05) is 44.1 Å². The van der Waals surface area contributed by atoms with Crippen molar-refractivity contribution >= 4 is 17.4 Å². The number of benzene rings is 3. The molecule has 5 nitrogen and oxygen atoms in total. The van der Waals surface area contributed by atoms with Gasteiger partial charge in [-0.3, -0.25) is 0 Å². The van der Waals surface area contributed by atoms with Crippen molar-refractivity contribution in [2.45, 2.75) is 26.4 Å². The number of aromatic nitrogens is 1. The van der Waals surface area contributed by atoms with Crippen LogP contribution in [0.1, 0.15) is 34.0 Å². The lowest BCUT2D eigenvalue weighted by atomic mass is 10.0. The molecule has 1 atom stereocenters. The second-order valence-corrected chi connectivity index (χ2v) is 9.20. The van der Waals surface area contributed by atoms with Gasteiger partial charge in [0.05, 0.1) is 18.3 Å². The van der Waals surface area contributed by atoms with Crippen LogP contribution in [0.3, 0.4) is 0 Å². The van der Waals surface area contributed by atoms with E-state index in [4.69, 9.17) is 0 Å². The minimum Gasteiger partial charge on any atom is -0.378 e. The molecule has 172 valence electrons. The third-order valence-corrected chi connectivity index (χ3v) is 6.57. The van der Waals surface area contributed by atoms with E-state index in [-0.39, 0.29) is 12.1 Å². The monoisotopic (exact) mass is 450 g/mol. The van der Waals surface area contributed by atoms with Gasteiger partial charge in [-0.15, -0.1) is 0 Å². The van der Waals surface area contributed by atoms with Crippen LogP contribution in [0.2, 0.25) is 0 Å². The van der Waals surface area contributed by atoms with E-state index >= 15 is 0 Å². The van der Waals surface area contributed by atoms with Gasteiger partial charge in [-0.25, -0.2) is 4.79 Å². The number of urea groups is 1. The van der Waals surface area contributed by atoms with Gasteiger partial charge in [0.1, 0.15) is 0 Å². The number of carbonyl (C=O) groups excluding carboxylic acids is 1. The molecule has 0 fully saturated rings. The summed E-state index contributed by atoms with van der Waals surface area (Å²) < 4.78 is 2.21. The molecule has 0 radical (unpaired) electrons. The van der Waals surface area contributed by atoms with Crippen LogP contribution < -0.4 is 10.2 Å². The average Bonchev–Trinajstić information content (AvgIpc) is 3.25. The summed E-state index contributed by atoms with van der Waals surface area (Å²) >= 11 is 0. The Kier molecular flexibility index (Phi) is 5.62. The maximum atomic E-state index is 13.9. The van der Waals surface area contributed by atoms with E-state index < -0.39 is 0 Å². The molecule has 1 aliphatic rings. The summed E-state index contributed by atoms with van der Waals surface area (Å²) in [4.78, 5) is 17.9. The van der Waals surface area contributed by atoms with Gasteiger partial charge in [-0.1, -0.05) is 48.0 Å². The molecule has 5 rings (SSSR count). The van der Waals surface area contributed by atoms with Crippen molar-refractivity contribution in [2.24, 2.45) is 0 Å². The Morgan fingerprint density at radius 2 is 1.71 bits per heavy atom. The van der Waals surface area contributed by atoms with Crippen molar-refractivity contribution in [2.75, 3.05) is 24.3 Å². The Morgan fingerprint density at radius 1 is 0.941 bits per heavy atom. The molecule has 1 N–H and O–H groups in total. The van der Waals surface area contributed by atoms with Crippen molar-refractivity contribution in [1.82, 2.24) is 9.47 Å². The van der Waals surface area contributed by atoms with Gasteiger partial charge in [-0.2, -0.15) is 0 Å². The first kappa shape index (κ1) is 21.8. The largest absolute Gasteiger partial charge is 0.378 e. The van der Waals surface area contributed by atoms with Crippen molar-refractivity contribution in [3.05, 3.63) is 113 Å². The first-order valence-corrected chi connectivity index (χ1v) is 11.6. The first-order chi connectivity index (χ1) is 16.4. The predicted molar refractivity (Wildman–Crippen MR) is 139 cm³/mol. The third-order valence-electron chi connectivity index (χ3n) is 6.57. The lowest BCUT2D eigenvalue weighted by molar-refractivity contribution is 0.194. The highest BCUT2D eigenvalue weighted by atomic mass is 16.2. The molecule has 1 aromatic heterocycles. The van der Waals surface area contributed by atoms with Crippen molar-refractivity contribution in [3.8, 4) is 5.69 Å². The number of nitrogens with zero attached hydrogens (tertiary/aromatic N) is 3. The Labute approximate surface area is 201 Å². The molecule has 2 amide bonds. The van der Waals surface area contributed by atoms with Crippen LogP contribution in [0.15, 0.2) is 85.1 Å². The van der Waals surface area contributed by atoms with Gasteiger partial charge in [-0.05, 0) is 66.9 Å². The number of carbonyl (C=O) groups is 1. The van der Waals surface area contributed by atoms with Gasteiger partial charge in [0.25, 0.3) is 0 Å². The second-order valence-electron chi connectivity index (χ2n) is 9.20. The lowest BCUT2D eigenvalue weighted by Crippen LogP contribution is -2.38. The Hall–Kier alpha value is -3.99. The van der Waals surface area contributed by atoms with E-state index in [9.17, 15) is 4.79 Å². The minimum absolute atomic E-state index is 0.113. The number of fused-ring (bicyclic) bond motifs is 3. The predicted octanol–water partition coefficient (Wildman–Crippen LogP) is 6.30. The smallest absolute Gasteiger partial charge is 0.322 e. The first-order valence-electron chi connectivity index (χ1n) is 11.6. The summed E-state index contributed by atoms with van der Waals surface area (Å²) in [6, 6.07) is 26.7. The van der Waals surface area contributed by atoms with Crippen molar-refractivity contribution in [1.29, 1.82) is 0 Å². The SMILES string of the molecule is Cc1ccc(NC(=O)N2Cc3ccccc3-n3cccc3[C@H]2c2ccc(N(C)C)cc2)c(C)c1. The van der Waals surface area contributed by atoms with Crippen LogP contribution in [-0.2, 0) is 6.54 Å². The number of hydrogen-bond acceptors (Lipinski definition) is 2. The second kappa shape index (κ2) is 8.75. The molecular formula is C29H30N4O. The molecule has 0 saturated carbocycles. The fourth-order valence-electron chi connectivity index (χ4n) is 4.79. The Balaban J connectivity index is 1.61. The molecule has 0 saturated heterocycles. The number of anilines is 2. The number of rotatable bonds is 3. The Morgan fingerprint density at radius 3 is 2.44 bits per heavy atom. The van der Waals surface area contributed by atoms with Crippen molar-refractivity contribution in [3.63, 3.8) is 0 Å². The summed E-state index contributed by atoms with van der Waals surface area (Å²) in [5, 5.41) is 3.19. The standard InChI is InChI=1S/C29H30N4O/c1-20-11-16-25(21(2)18-20)30-29(34)33-19-23-8-5-6-9-26(23)32-17-7-10-27(32)28(33)22-12-14-24(15-13-22)31(3)4/h5-18,28H,19H2,1-4H3,(H,30,34)/t28-/m1/s1. The highest BCUT2D eigenvalue weighted by Gasteiger charge is 2.33. The number of amides is 2. The zero-order valence-corrected chi connectivity index (χ0v) is 20.1. The quantitative estimate of drug-likeness (QED) is 0.398. The van der Waals surface area contributed by atoms with Crippen LogP contribution in [0.25, 0.3) is 5.69 Å². The van der Waals surface area contributed by atoms with Crippen LogP contribution in [-0.4, -0.2) is 29.6 Å². The molecule has 0 unspecified atom stereocenters. The summed E-state index contributed by atoms with van der Waals surface area (Å²) in [6.45, 7) is 4.60. The number of para-hydroxylation sites is 1. The molecule has 2 heterocycles. The van der Waals surface area contributed by atoms with Crippen LogP contribution >= 0.6 is 0 Å². The summed E-state index contributed by atoms with van der Waals surface area (Å²) in [5.74, 6) is 0. The zero-order valence-electron chi connectivity index (χ0n) is 20.1. The topological polar surface area (TPSA) is 40.5 Å². The summed E-state index contributed by atoms with van der Waals surface area (Å²) in [7, 11) is 4.07. The Bertz CT molecular complexity index is 1340.